The Kier molecular flexibility index (Phi) is 5.22. The quantitative estimate of drug-likeness (QED) is 0.440. The van der Waals surface area contributed by atoms with Crippen molar-refractivity contribution in [3.63, 3.8) is 0 Å². The average Bonchev–Trinajstić information content (AvgIpc) is 2.22. The van der Waals surface area contributed by atoms with Gasteiger partial charge < -0.3 is 0 Å². The monoisotopic (exact) mass is 319 g/mol. The summed E-state index contributed by atoms with van der Waals surface area (Å²) in [5, 5.41) is 8.71. The van der Waals surface area contributed by atoms with Gasteiger partial charge in [0.15, 0.2) is 5.78 Å². The minimum absolute atomic E-state index is 0.0276. The summed E-state index contributed by atoms with van der Waals surface area (Å²) in [7, 11) is 0. The first-order valence-electron chi connectivity index (χ1n) is 4.84. The first-order chi connectivity index (χ1) is 7.17. The number of carbonyl (C=O) groups excluding carboxylic acids is 1. The van der Waals surface area contributed by atoms with Crippen molar-refractivity contribution < 1.29 is 4.79 Å². The van der Waals surface area contributed by atoms with Gasteiger partial charge >= 0.3 is 0 Å². The Morgan fingerprint density at radius 2 is 2.40 bits per heavy atom. The van der Waals surface area contributed by atoms with E-state index in [0.717, 1.165) is 19.6 Å². The predicted molar refractivity (Wildman–Crippen MR) is 66.4 cm³/mol. The van der Waals surface area contributed by atoms with Crippen molar-refractivity contribution in [2.24, 2.45) is 0 Å². The summed E-state index contributed by atoms with van der Waals surface area (Å²) < 4.78 is 2.16. The Morgan fingerprint density at radius 1 is 1.67 bits per heavy atom. The number of hydrogen-bond donors (Lipinski definition) is 0. The Bertz CT molecular complexity index is 287. The molecule has 0 amide bonds. The maximum atomic E-state index is 11.3. The van der Waals surface area contributed by atoms with Crippen molar-refractivity contribution in [3.8, 4) is 6.07 Å². The number of rotatable bonds is 4. The van der Waals surface area contributed by atoms with Crippen LogP contribution in [-0.4, -0.2) is 46.0 Å². The number of hydrogen-bond acceptors (Lipinski definition) is 4. The lowest BCUT2D eigenvalue weighted by atomic mass is 10.1. The highest BCUT2D eigenvalue weighted by Gasteiger charge is 2.26. The lowest BCUT2D eigenvalue weighted by Crippen LogP contribution is -2.51. The van der Waals surface area contributed by atoms with E-state index in [9.17, 15) is 4.79 Å². The molecule has 0 bridgehead atoms. The fourth-order valence-corrected chi connectivity index (χ4v) is 2.30. The highest BCUT2D eigenvalue weighted by Crippen LogP contribution is 2.15. The standard InChI is InChI=1S/C10H14IN3O/c1-2-10(15)8-13-5-6-14(11)7-9(13)3-4-12/h2,9H,1,3,5-8H2/t9-/m0/s1. The molecule has 0 aromatic carbocycles. The SMILES string of the molecule is C=CC(=O)CN1CCN(I)C[C@@H]1CC#N. The van der Waals surface area contributed by atoms with Gasteiger partial charge in [0.05, 0.1) is 19.0 Å². The second-order valence-corrected chi connectivity index (χ2v) is 4.89. The zero-order chi connectivity index (χ0) is 11.3. The molecule has 1 aliphatic rings. The van der Waals surface area contributed by atoms with E-state index < -0.39 is 0 Å². The zero-order valence-corrected chi connectivity index (χ0v) is 10.7. The van der Waals surface area contributed by atoms with Gasteiger partial charge in [-0.2, -0.15) is 5.26 Å². The average molecular weight is 319 g/mol. The fourth-order valence-electron chi connectivity index (χ4n) is 1.63. The van der Waals surface area contributed by atoms with Gasteiger partial charge in [-0.25, -0.2) is 3.11 Å². The Morgan fingerprint density at radius 3 is 3.00 bits per heavy atom. The molecule has 0 radical (unpaired) electrons. The van der Waals surface area contributed by atoms with Gasteiger partial charge in [-0.3, -0.25) is 9.69 Å². The van der Waals surface area contributed by atoms with Gasteiger partial charge in [-0.15, -0.1) is 0 Å². The molecule has 1 atom stereocenters. The van der Waals surface area contributed by atoms with Gasteiger partial charge in [0.2, 0.25) is 0 Å². The van der Waals surface area contributed by atoms with E-state index in [0.29, 0.717) is 13.0 Å². The first kappa shape index (κ1) is 12.6. The smallest absolute Gasteiger partial charge is 0.169 e. The van der Waals surface area contributed by atoms with Gasteiger partial charge in [-0.05, 0) is 6.08 Å². The number of halogens is 1. The minimum Gasteiger partial charge on any atom is -0.293 e. The third kappa shape index (κ3) is 3.89. The van der Waals surface area contributed by atoms with Gasteiger partial charge in [0.25, 0.3) is 0 Å². The first-order valence-corrected chi connectivity index (χ1v) is 5.81. The maximum absolute atomic E-state index is 11.3. The molecule has 0 N–H and O–H groups in total. The summed E-state index contributed by atoms with van der Waals surface area (Å²) in [6.45, 7) is 6.47. The van der Waals surface area contributed by atoms with E-state index in [4.69, 9.17) is 5.26 Å². The van der Waals surface area contributed by atoms with E-state index in [-0.39, 0.29) is 11.8 Å². The molecule has 82 valence electrons. The van der Waals surface area contributed by atoms with Crippen LogP contribution in [0, 0.1) is 11.3 Å². The lowest BCUT2D eigenvalue weighted by Gasteiger charge is -2.37. The van der Waals surface area contributed by atoms with Crippen LogP contribution >= 0.6 is 22.9 Å². The molecule has 0 aromatic heterocycles. The Balaban J connectivity index is 2.56. The molecule has 15 heavy (non-hydrogen) atoms. The molecule has 4 nitrogen and oxygen atoms in total. The summed E-state index contributed by atoms with van der Waals surface area (Å²) in [6.07, 6.45) is 1.82. The van der Waals surface area contributed by atoms with E-state index in [1.54, 1.807) is 0 Å². The second kappa shape index (κ2) is 6.20. The molecule has 1 saturated heterocycles. The fraction of sp³-hybridized carbons (Fsp3) is 0.600. The van der Waals surface area contributed by atoms with Crippen molar-refractivity contribution in [3.05, 3.63) is 12.7 Å². The predicted octanol–water partition coefficient (Wildman–Crippen LogP) is 0.991. The molecular weight excluding hydrogens is 305 g/mol. The van der Waals surface area contributed by atoms with E-state index in [1.807, 2.05) is 0 Å². The largest absolute Gasteiger partial charge is 0.293 e. The van der Waals surface area contributed by atoms with Crippen LogP contribution < -0.4 is 0 Å². The Hall–Kier alpha value is -0.450. The molecule has 0 saturated carbocycles. The van der Waals surface area contributed by atoms with Crippen LogP contribution in [0.1, 0.15) is 6.42 Å². The summed E-state index contributed by atoms with van der Waals surface area (Å²) in [6, 6.07) is 2.34. The van der Waals surface area contributed by atoms with Gasteiger partial charge in [-0.1, -0.05) is 6.58 Å². The van der Waals surface area contributed by atoms with Crippen molar-refractivity contribution in [1.29, 1.82) is 5.26 Å². The highest BCUT2D eigenvalue weighted by atomic mass is 127. The van der Waals surface area contributed by atoms with Crippen molar-refractivity contribution in [1.82, 2.24) is 8.01 Å². The van der Waals surface area contributed by atoms with Crippen molar-refractivity contribution >= 4 is 28.6 Å². The summed E-state index contributed by atoms with van der Waals surface area (Å²) in [4.78, 5) is 13.3. The maximum Gasteiger partial charge on any atom is 0.169 e. The third-order valence-corrected chi connectivity index (χ3v) is 3.34. The summed E-state index contributed by atoms with van der Waals surface area (Å²) >= 11 is 2.26. The van der Waals surface area contributed by atoms with Crippen LogP contribution in [0.4, 0.5) is 0 Å². The van der Waals surface area contributed by atoms with Crippen LogP contribution in [0.3, 0.4) is 0 Å². The Labute approximate surface area is 104 Å². The van der Waals surface area contributed by atoms with Gasteiger partial charge in [0.1, 0.15) is 0 Å². The number of nitrogens with zero attached hydrogens (tertiary/aromatic N) is 3. The highest BCUT2D eigenvalue weighted by molar-refractivity contribution is 14.1. The van der Waals surface area contributed by atoms with Crippen LogP contribution in [0.25, 0.3) is 0 Å². The van der Waals surface area contributed by atoms with Crippen LogP contribution in [0.2, 0.25) is 0 Å². The van der Waals surface area contributed by atoms with Crippen LogP contribution in [0.5, 0.6) is 0 Å². The molecule has 1 aliphatic heterocycles. The number of nitriles is 1. The second-order valence-electron chi connectivity index (χ2n) is 3.53. The molecule has 5 heteroatoms. The molecule has 0 unspecified atom stereocenters. The number of ketones is 1. The van der Waals surface area contributed by atoms with E-state index in [1.165, 1.54) is 6.08 Å². The molecule has 0 spiro atoms. The number of piperazine rings is 1. The molecule has 0 aliphatic carbocycles. The molecule has 0 aromatic rings. The minimum atomic E-state index is 0.0276. The third-order valence-electron chi connectivity index (χ3n) is 2.47. The van der Waals surface area contributed by atoms with Crippen LogP contribution in [0.15, 0.2) is 12.7 Å². The lowest BCUT2D eigenvalue weighted by molar-refractivity contribution is -0.116. The molecule has 1 fully saturated rings. The number of carbonyl (C=O) groups is 1. The zero-order valence-electron chi connectivity index (χ0n) is 8.53. The molecule has 1 heterocycles. The summed E-state index contributed by atoms with van der Waals surface area (Å²) in [5.74, 6) is 0.0276. The van der Waals surface area contributed by atoms with Crippen molar-refractivity contribution in [2.75, 3.05) is 26.2 Å². The van der Waals surface area contributed by atoms with Crippen LogP contribution in [-0.2, 0) is 4.79 Å². The van der Waals surface area contributed by atoms with Crippen molar-refractivity contribution in [2.45, 2.75) is 12.5 Å². The van der Waals surface area contributed by atoms with Gasteiger partial charge in [0, 0.05) is 48.5 Å². The molecule has 1 rings (SSSR count). The topological polar surface area (TPSA) is 47.3 Å². The molecular formula is C10H14IN3O. The van der Waals surface area contributed by atoms with E-state index in [2.05, 4.69) is 43.5 Å². The normalized spacial score (nSPS) is 23.3. The summed E-state index contributed by atoms with van der Waals surface area (Å²) in [5.41, 5.74) is 0. The van der Waals surface area contributed by atoms with E-state index >= 15 is 0 Å².